The lowest BCUT2D eigenvalue weighted by molar-refractivity contribution is 0.150. The molecule has 1 aromatic rings. The number of piperazine rings is 1. The molecule has 0 radical (unpaired) electrons. The van der Waals surface area contributed by atoms with Crippen LogP contribution >= 0.6 is 0 Å². The van der Waals surface area contributed by atoms with E-state index in [0.29, 0.717) is 0 Å². The molecule has 2 heterocycles. The van der Waals surface area contributed by atoms with Crippen molar-refractivity contribution in [2.45, 2.75) is 18.9 Å². The number of nitrogens with one attached hydrogen (secondary N) is 1. The molecular weight excluding hydrogens is 278 g/mol. The van der Waals surface area contributed by atoms with Gasteiger partial charge >= 0.3 is 0 Å². The van der Waals surface area contributed by atoms with Crippen molar-refractivity contribution in [1.29, 1.82) is 0 Å². The Morgan fingerprint density at radius 3 is 2.32 bits per heavy atom. The molecule has 0 aliphatic carbocycles. The molecule has 2 aliphatic heterocycles. The van der Waals surface area contributed by atoms with Gasteiger partial charge in [0.25, 0.3) is 0 Å². The Morgan fingerprint density at radius 2 is 1.73 bits per heavy atom. The van der Waals surface area contributed by atoms with Crippen molar-refractivity contribution >= 4 is 11.5 Å². The van der Waals surface area contributed by atoms with Crippen LogP contribution in [0.5, 0.6) is 0 Å². The number of hydrogen-bond acceptors (Lipinski definition) is 5. The van der Waals surface area contributed by atoms with Gasteiger partial charge in [-0.25, -0.2) is 0 Å². The van der Waals surface area contributed by atoms with Crippen molar-refractivity contribution in [2.24, 2.45) is 10.9 Å². The zero-order valence-corrected chi connectivity index (χ0v) is 12.9. The van der Waals surface area contributed by atoms with E-state index in [-0.39, 0.29) is 5.84 Å². The normalized spacial score (nSPS) is 22.0. The summed E-state index contributed by atoms with van der Waals surface area (Å²) in [4.78, 5) is 5.06. The highest BCUT2D eigenvalue weighted by Gasteiger charge is 2.25. The van der Waals surface area contributed by atoms with Crippen LogP contribution in [0.15, 0.2) is 29.4 Å². The van der Waals surface area contributed by atoms with Gasteiger partial charge in [-0.1, -0.05) is 5.16 Å². The second-order valence-electron chi connectivity index (χ2n) is 6.04. The summed E-state index contributed by atoms with van der Waals surface area (Å²) in [5, 5.41) is 15.2. The fourth-order valence-corrected chi connectivity index (χ4v) is 3.44. The molecule has 0 aromatic heterocycles. The zero-order valence-electron chi connectivity index (χ0n) is 12.9. The predicted molar refractivity (Wildman–Crippen MR) is 88.6 cm³/mol. The molecule has 2 saturated heterocycles. The zero-order chi connectivity index (χ0) is 15.4. The summed E-state index contributed by atoms with van der Waals surface area (Å²) >= 11 is 0. The molecule has 2 fully saturated rings. The third-order valence-electron chi connectivity index (χ3n) is 4.77. The average molecular weight is 303 g/mol. The summed E-state index contributed by atoms with van der Waals surface area (Å²) in [6, 6.07) is 8.66. The molecule has 0 amide bonds. The molecule has 6 heteroatoms. The first-order valence-corrected chi connectivity index (χ1v) is 8.05. The first-order chi connectivity index (χ1) is 10.8. The number of anilines is 1. The highest BCUT2D eigenvalue weighted by Crippen LogP contribution is 2.23. The van der Waals surface area contributed by atoms with Gasteiger partial charge < -0.3 is 21.2 Å². The van der Waals surface area contributed by atoms with Crippen LogP contribution in [0.25, 0.3) is 0 Å². The van der Waals surface area contributed by atoms with Crippen LogP contribution in [0.4, 0.5) is 5.69 Å². The van der Waals surface area contributed by atoms with Gasteiger partial charge in [-0.3, -0.25) is 4.90 Å². The van der Waals surface area contributed by atoms with Crippen molar-refractivity contribution in [3.63, 3.8) is 0 Å². The van der Waals surface area contributed by atoms with Crippen LogP contribution in [0.1, 0.15) is 18.4 Å². The molecule has 2 aliphatic rings. The summed E-state index contributed by atoms with van der Waals surface area (Å²) in [7, 11) is 0. The van der Waals surface area contributed by atoms with E-state index in [9.17, 15) is 0 Å². The molecule has 0 unspecified atom stereocenters. The molecule has 0 saturated carbocycles. The van der Waals surface area contributed by atoms with Gasteiger partial charge in [0.15, 0.2) is 5.84 Å². The molecule has 3 rings (SSSR count). The Balaban J connectivity index is 1.56. The summed E-state index contributed by atoms with van der Waals surface area (Å²) in [6.45, 7) is 6.79. The van der Waals surface area contributed by atoms with Gasteiger partial charge in [-0.15, -0.1) is 0 Å². The number of oxime groups is 1. The van der Waals surface area contributed by atoms with Crippen LogP contribution in [0.2, 0.25) is 0 Å². The number of piperidine rings is 1. The van der Waals surface area contributed by atoms with E-state index in [4.69, 9.17) is 10.9 Å². The minimum absolute atomic E-state index is 0.156. The number of amidine groups is 1. The van der Waals surface area contributed by atoms with E-state index in [0.717, 1.165) is 37.8 Å². The van der Waals surface area contributed by atoms with Gasteiger partial charge in [0, 0.05) is 56.6 Å². The summed E-state index contributed by atoms with van der Waals surface area (Å²) < 4.78 is 0. The number of rotatable bonds is 3. The second-order valence-corrected chi connectivity index (χ2v) is 6.04. The Labute approximate surface area is 131 Å². The lowest BCUT2D eigenvalue weighted by atomic mass is 10.0. The monoisotopic (exact) mass is 303 g/mol. The quantitative estimate of drug-likeness (QED) is 0.331. The van der Waals surface area contributed by atoms with E-state index < -0.39 is 0 Å². The second kappa shape index (κ2) is 6.98. The third-order valence-corrected chi connectivity index (χ3v) is 4.77. The summed E-state index contributed by atoms with van der Waals surface area (Å²) in [5.74, 6) is 0.156. The number of nitrogens with zero attached hydrogens (tertiary/aromatic N) is 3. The van der Waals surface area contributed by atoms with Crippen LogP contribution < -0.4 is 16.0 Å². The Bertz CT molecular complexity index is 502. The van der Waals surface area contributed by atoms with E-state index in [1.807, 2.05) is 12.1 Å². The Hall–Kier alpha value is -1.79. The minimum atomic E-state index is 0.156. The Morgan fingerprint density at radius 1 is 1.09 bits per heavy atom. The lowest BCUT2D eigenvalue weighted by Crippen LogP contribution is -2.52. The topological polar surface area (TPSA) is 77.1 Å². The summed E-state index contributed by atoms with van der Waals surface area (Å²) in [6.07, 6.45) is 2.45. The van der Waals surface area contributed by atoms with Crippen molar-refractivity contribution in [3.05, 3.63) is 29.8 Å². The van der Waals surface area contributed by atoms with E-state index >= 15 is 0 Å². The predicted octanol–water partition coefficient (Wildman–Crippen LogP) is 0.655. The molecule has 6 nitrogen and oxygen atoms in total. The largest absolute Gasteiger partial charge is 0.409 e. The number of benzene rings is 1. The molecule has 22 heavy (non-hydrogen) atoms. The standard InChI is InChI=1S/C16H25N5O/c17-16(19-22)13-1-3-14(4-2-13)20-9-5-15(6-10-20)21-11-7-18-8-12-21/h1-4,15,18,22H,5-12H2,(H2,17,19). The Kier molecular flexibility index (Phi) is 4.80. The maximum Gasteiger partial charge on any atom is 0.170 e. The van der Waals surface area contributed by atoms with Crippen LogP contribution in [0.3, 0.4) is 0 Å². The summed E-state index contributed by atoms with van der Waals surface area (Å²) in [5.41, 5.74) is 7.57. The van der Waals surface area contributed by atoms with Gasteiger partial charge in [-0.2, -0.15) is 0 Å². The first-order valence-electron chi connectivity index (χ1n) is 8.05. The van der Waals surface area contributed by atoms with E-state index in [2.05, 4.69) is 32.4 Å². The molecular formula is C16H25N5O. The SMILES string of the molecule is NC(=NO)c1ccc(N2CCC(N3CCNCC3)CC2)cc1. The average Bonchev–Trinajstić information content (AvgIpc) is 2.62. The maximum absolute atomic E-state index is 8.70. The van der Waals surface area contributed by atoms with Gasteiger partial charge in [0.2, 0.25) is 0 Å². The smallest absolute Gasteiger partial charge is 0.170 e. The van der Waals surface area contributed by atoms with Crippen LogP contribution in [0, 0.1) is 0 Å². The highest BCUT2D eigenvalue weighted by molar-refractivity contribution is 5.97. The minimum Gasteiger partial charge on any atom is -0.409 e. The number of nitrogens with two attached hydrogens (primary N) is 1. The van der Waals surface area contributed by atoms with Gasteiger partial charge in [0.1, 0.15) is 0 Å². The fraction of sp³-hybridized carbons (Fsp3) is 0.562. The first kappa shape index (κ1) is 15.1. The third kappa shape index (κ3) is 3.34. The van der Waals surface area contributed by atoms with Gasteiger partial charge in [-0.05, 0) is 37.1 Å². The molecule has 4 N–H and O–H groups in total. The fourth-order valence-electron chi connectivity index (χ4n) is 3.44. The molecule has 1 aromatic carbocycles. The van der Waals surface area contributed by atoms with Crippen LogP contribution in [-0.4, -0.2) is 61.3 Å². The van der Waals surface area contributed by atoms with Crippen molar-refractivity contribution < 1.29 is 5.21 Å². The number of hydrogen-bond donors (Lipinski definition) is 3. The maximum atomic E-state index is 8.70. The van der Waals surface area contributed by atoms with Crippen molar-refractivity contribution in [1.82, 2.24) is 10.2 Å². The lowest BCUT2D eigenvalue weighted by Gasteiger charge is -2.41. The molecule has 120 valence electrons. The molecule has 0 bridgehead atoms. The van der Waals surface area contributed by atoms with Gasteiger partial charge in [0.05, 0.1) is 0 Å². The van der Waals surface area contributed by atoms with Crippen LogP contribution in [-0.2, 0) is 0 Å². The molecule has 0 spiro atoms. The van der Waals surface area contributed by atoms with E-state index in [1.54, 1.807) is 0 Å². The van der Waals surface area contributed by atoms with Crippen molar-refractivity contribution in [3.8, 4) is 0 Å². The molecule has 0 atom stereocenters. The van der Waals surface area contributed by atoms with E-state index in [1.165, 1.54) is 31.6 Å². The van der Waals surface area contributed by atoms with Crippen molar-refractivity contribution in [2.75, 3.05) is 44.2 Å². The highest BCUT2D eigenvalue weighted by atomic mass is 16.4.